The molecule has 0 unspecified atom stereocenters. The highest BCUT2D eigenvalue weighted by molar-refractivity contribution is 6.33. The average molecular weight is 533 g/mol. The molecule has 1 N–H and O–H groups in total. The molecule has 1 amide bonds. The molecule has 196 valence electrons. The number of carbonyl (C=O) groups is 2. The van der Waals surface area contributed by atoms with Gasteiger partial charge in [0.05, 0.1) is 33.9 Å². The fraction of sp³-hybridized carbons (Fsp3) is 0.286. The zero-order valence-corrected chi connectivity index (χ0v) is 22.3. The summed E-state index contributed by atoms with van der Waals surface area (Å²) in [5.74, 6) is -0.200. The molecule has 0 radical (unpaired) electrons. The molecule has 1 fully saturated rings. The number of amides is 1. The summed E-state index contributed by atoms with van der Waals surface area (Å²) in [4.78, 5) is 39.7. The molecule has 0 spiro atoms. The van der Waals surface area contributed by atoms with Gasteiger partial charge in [-0.25, -0.2) is 9.78 Å². The van der Waals surface area contributed by atoms with Gasteiger partial charge in [0, 0.05) is 52.2 Å². The minimum Gasteiger partial charge on any atom is -0.478 e. The number of rotatable bonds is 6. The Bertz CT molecular complexity index is 1530. The van der Waals surface area contributed by atoms with Crippen molar-refractivity contribution in [3.63, 3.8) is 0 Å². The molecule has 1 saturated heterocycles. The number of imidazole rings is 1. The largest absolute Gasteiger partial charge is 0.478 e. The Hall–Kier alpha value is -3.95. The van der Waals surface area contributed by atoms with Crippen LogP contribution in [0.1, 0.15) is 32.2 Å². The van der Waals surface area contributed by atoms with Crippen molar-refractivity contribution in [1.82, 2.24) is 24.3 Å². The number of nitrogens with zero attached hydrogens (tertiary/aromatic N) is 6. The van der Waals surface area contributed by atoms with Crippen LogP contribution in [0, 0.1) is 6.92 Å². The Balaban J connectivity index is 1.24. The van der Waals surface area contributed by atoms with E-state index in [1.54, 1.807) is 30.5 Å². The molecule has 1 aliphatic rings. The highest BCUT2D eigenvalue weighted by Crippen LogP contribution is 2.31. The number of carboxylic acids is 1. The average Bonchev–Trinajstić information content (AvgIpc) is 3.22. The SMILES string of the molecule is Cc1ccc(N(C)c2ccnc(C(=O)N3CCN(Cc4nc5ccc(C(=O)O)cc5n4C)CC3)c2)c(Cl)c1. The quantitative estimate of drug-likeness (QED) is 0.394. The molecule has 5 rings (SSSR count). The lowest BCUT2D eigenvalue weighted by atomic mass is 10.2. The third-order valence-electron chi connectivity index (χ3n) is 7.06. The van der Waals surface area contributed by atoms with Gasteiger partial charge < -0.3 is 19.5 Å². The van der Waals surface area contributed by atoms with Crippen molar-refractivity contribution >= 4 is 45.9 Å². The Morgan fingerprint density at radius 1 is 1.05 bits per heavy atom. The maximum Gasteiger partial charge on any atom is 0.335 e. The summed E-state index contributed by atoms with van der Waals surface area (Å²) in [6, 6.07) is 14.5. The number of aryl methyl sites for hydroxylation is 2. The zero-order chi connectivity index (χ0) is 27.0. The summed E-state index contributed by atoms with van der Waals surface area (Å²) in [7, 11) is 3.82. The first-order valence-corrected chi connectivity index (χ1v) is 12.8. The Morgan fingerprint density at radius 2 is 1.82 bits per heavy atom. The van der Waals surface area contributed by atoms with E-state index >= 15 is 0 Å². The molecular formula is C28H29ClN6O3. The highest BCUT2D eigenvalue weighted by Gasteiger charge is 2.25. The number of hydrogen-bond donors (Lipinski definition) is 1. The van der Waals surface area contributed by atoms with Gasteiger partial charge in [0.2, 0.25) is 0 Å². The second-order valence-electron chi connectivity index (χ2n) is 9.58. The Kier molecular flexibility index (Phi) is 7.05. The minimum absolute atomic E-state index is 0.0983. The Labute approximate surface area is 225 Å². The maximum absolute atomic E-state index is 13.3. The molecule has 10 heteroatoms. The normalized spacial score (nSPS) is 14.2. The molecule has 0 bridgehead atoms. The second-order valence-corrected chi connectivity index (χ2v) is 9.98. The van der Waals surface area contributed by atoms with Crippen LogP contribution in [0.5, 0.6) is 0 Å². The number of anilines is 2. The van der Waals surface area contributed by atoms with Crippen molar-refractivity contribution in [2.24, 2.45) is 7.05 Å². The molecule has 0 saturated carbocycles. The summed E-state index contributed by atoms with van der Waals surface area (Å²) >= 11 is 6.46. The van der Waals surface area contributed by atoms with E-state index in [1.165, 1.54) is 0 Å². The van der Waals surface area contributed by atoms with E-state index in [4.69, 9.17) is 16.6 Å². The predicted molar refractivity (Wildman–Crippen MR) is 147 cm³/mol. The van der Waals surface area contributed by atoms with Crippen LogP contribution in [0.4, 0.5) is 11.4 Å². The fourth-order valence-electron chi connectivity index (χ4n) is 4.75. The van der Waals surface area contributed by atoms with Gasteiger partial charge in [0.15, 0.2) is 0 Å². The number of hydrogen-bond acceptors (Lipinski definition) is 6. The summed E-state index contributed by atoms with van der Waals surface area (Å²) in [6.07, 6.45) is 1.65. The molecule has 2 aromatic heterocycles. The number of piperazine rings is 1. The van der Waals surface area contributed by atoms with Crippen molar-refractivity contribution in [3.8, 4) is 0 Å². The number of halogens is 1. The lowest BCUT2D eigenvalue weighted by Crippen LogP contribution is -2.48. The monoisotopic (exact) mass is 532 g/mol. The third kappa shape index (κ3) is 5.07. The van der Waals surface area contributed by atoms with Crippen LogP contribution in [0.3, 0.4) is 0 Å². The van der Waals surface area contributed by atoms with Crippen molar-refractivity contribution in [2.75, 3.05) is 38.1 Å². The van der Waals surface area contributed by atoms with Gasteiger partial charge in [0.25, 0.3) is 5.91 Å². The molecule has 9 nitrogen and oxygen atoms in total. The number of aromatic carboxylic acids is 1. The summed E-state index contributed by atoms with van der Waals surface area (Å²) in [6.45, 7) is 5.18. The predicted octanol–water partition coefficient (Wildman–Crippen LogP) is 4.35. The zero-order valence-electron chi connectivity index (χ0n) is 21.6. The van der Waals surface area contributed by atoms with Crippen LogP contribution < -0.4 is 4.90 Å². The molecular weight excluding hydrogens is 504 g/mol. The summed E-state index contributed by atoms with van der Waals surface area (Å²) < 4.78 is 1.94. The standard InChI is InChI=1S/C28H29ClN6O3/c1-18-4-7-24(21(29)14-18)32(2)20-8-9-30-23(16-20)27(36)35-12-10-34(11-13-35)17-26-31-22-6-5-19(28(37)38)15-25(22)33(26)3/h4-9,14-16H,10-13,17H2,1-3H3,(H,37,38). The van der Waals surface area contributed by atoms with Crippen LogP contribution in [-0.2, 0) is 13.6 Å². The Morgan fingerprint density at radius 3 is 2.53 bits per heavy atom. The molecule has 38 heavy (non-hydrogen) atoms. The highest BCUT2D eigenvalue weighted by atomic mass is 35.5. The first-order chi connectivity index (χ1) is 18.2. The second kappa shape index (κ2) is 10.4. The van der Waals surface area contributed by atoms with E-state index in [1.807, 2.05) is 59.7 Å². The van der Waals surface area contributed by atoms with Crippen LogP contribution >= 0.6 is 11.6 Å². The van der Waals surface area contributed by atoms with Crippen LogP contribution in [0.25, 0.3) is 11.0 Å². The van der Waals surface area contributed by atoms with E-state index in [2.05, 4.69) is 9.88 Å². The van der Waals surface area contributed by atoms with Crippen molar-refractivity contribution < 1.29 is 14.7 Å². The van der Waals surface area contributed by atoms with Gasteiger partial charge >= 0.3 is 5.97 Å². The minimum atomic E-state index is -0.957. The first kappa shape index (κ1) is 25.7. The number of carboxylic acid groups (broad SMARTS) is 1. The maximum atomic E-state index is 13.3. The van der Waals surface area contributed by atoms with Gasteiger partial charge in [-0.05, 0) is 55.0 Å². The van der Waals surface area contributed by atoms with Crippen LogP contribution in [-0.4, -0.2) is 74.5 Å². The van der Waals surface area contributed by atoms with Crippen LogP contribution in [0.2, 0.25) is 5.02 Å². The molecule has 3 heterocycles. The summed E-state index contributed by atoms with van der Waals surface area (Å²) in [5.41, 5.74) is 4.97. The number of carbonyl (C=O) groups excluding carboxylic acids is 1. The van der Waals surface area contributed by atoms with E-state index in [9.17, 15) is 14.7 Å². The molecule has 4 aromatic rings. The fourth-order valence-corrected chi connectivity index (χ4v) is 5.12. The van der Waals surface area contributed by atoms with Crippen molar-refractivity contribution in [3.05, 3.63) is 82.4 Å². The van der Waals surface area contributed by atoms with Gasteiger partial charge in [-0.1, -0.05) is 17.7 Å². The lowest BCUT2D eigenvalue weighted by molar-refractivity contribution is 0.0618. The third-order valence-corrected chi connectivity index (χ3v) is 7.36. The lowest BCUT2D eigenvalue weighted by Gasteiger charge is -2.34. The van der Waals surface area contributed by atoms with Gasteiger partial charge in [-0.2, -0.15) is 0 Å². The molecule has 1 aliphatic heterocycles. The molecule has 0 aliphatic carbocycles. The van der Waals surface area contributed by atoms with Crippen molar-refractivity contribution in [2.45, 2.75) is 13.5 Å². The van der Waals surface area contributed by atoms with Gasteiger partial charge in [-0.15, -0.1) is 0 Å². The number of pyridine rings is 1. The smallest absolute Gasteiger partial charge is 0.335 e. The van der Waals surface area contributed by atoms with Gasteiger partial charge in [-0.3, -0.25) is 14.7 Å². The summed E-state index contributed by atoms with van der Waals surface area (Å²) in [5, 5.41) is 9.94. The number of fused-ring (bicyclic) bond motifs is 1. The number of aromatic nitrogens is 3. The van der Waals surface area contributed by atoms with Crippen molar-refractivity contribution in [1.29, 1.82) is 0 Å². The molecule has 2 aromatic carbocycles. The van der Waals surface area contributed by atoms with E-state index in [0.717, 1.165) is 33.8 Å². The first-order valence-electron chi connectivity index (χ1n) is 12.4. The van der Waals surface area contributed by atoms with E-state index < -0.39 is 5.97 Å². The van der Waals surface area contributed by atoms with Gasteiger partial charge in [0.1, 0.15) is 11.5 Å². The van der Waals surface area contributed by atoms with E-state index in [0.29, 0.717) is 43.4 Å². The number of benzene rings is 2. The topological polar surface area (TPSA) is 94.8 Å². The molecule has 0 atom stereocenters. The van der Waals surface area contributed by atoms with Crippen LogP contribution in [0.15, 0.2) is 54.7 Å². The van der Waals surface area contributed by atoms with E-state index in [-0.39, 0.29) is 11.5 Å².